The minimum atomic E-state index is 0.163. The average molecular weight is 266 g/mol. The van der Waals surface area contributed by atoms with Gasteiger partial charge in [-0.25, -0.2) is 15.0 Å². The molecular weight excluding hydrogens is 252 g/mol. The third-order valence-corrected chi connectivity index (χ3v) is 3.66. The summed E-state index contributed by atoms with van der Waals surface area (Å²) in [6.07, 6.45) is 9.22. The number of nitrogens with zero attached hydrogens (tertiary/aromatic N) is 4. The number of aromatic nitrogens is 5. The first-order valence-corrected chi connectivity index (χ1v) is 6.62. The number of aromatic amines is 1. The Kier molecular flexibility index (Phi) is 2.26. The number of rotatable bonds is 3. The van der Waals surface area contributed by atoms with Crippen LogP contribution in [-0.2, 0) is 0 Å². The molecule has 6 nitrogen and oxygen atoms in total. The van der Waals surface area contributed by atoms with Crippen LogP contribution in [0.2, 0.25) is 0 Å². The number of imidazole rings is 1. The highest BCUT2D eigenvalue weighted by Crippen LogP contribution is 2.39. The van der Waals surface area contributed by atoms with Gasteiger partial charge in [-0.15, -0.1) is 0 Å². The standard InChI is InChI=1S/C14H14N6/c1-14(3-4-14)20-12-9-2-5-15-6-10(9)18-13(19-12)11-7-16-8-17-11/h2,5-8H,3-4H2,1H3,(H,16,17)(H,18,19,20). The van der Waals surface area contributed by atoms with Gasteiger partial charge in [0.15, 0.2) is 5.82 Å². The number of H-pyrrole nitrogens is 1. The van der Waals surface area contributed by atoms with Gasteiger partial charge >= 0.3 is 0 Å². The van der Waals surface area contributed by atoms with Crippen LogP contribution in [0.1, 0.15) is 19.8 Å². The lowest BCUT2D eigenvalue weighted by Crippen LogP contribution is -2.17. The summed E-state index contributed by atoms with van der Waals surface area (Å²) in [7, 11) is 0. The van der Waals surface area contributed by atoms with Gasteiger partial charge in [-0.2, -0.15) is 0 Å². The Morgan fingerprint density at radius 3 is 2.85 bits per heavy atom. The van der Waals surface area contributed by atoms with E-state index in [0.717, 1.165) is 22.4 Å². The second-order valence-electron chi connectivity index (χ2n) is 5.44. The van der Waals surface area contributed by atoms with Gasteiger partial charge in [-0.05, 0) is 25.8 Å². The van der Waals surface area contributed by atoms with Gasteiger partial charge in [0, 0.05) is 17.1 Å². The molecule has 0 aliphatic heterocycles. The zero-order valence-corrected chi connectivity index (χ0v) is 11.1. The molecule has 0 aromatic carbocycles. The molecular formula is C14H14N6. The third kappa shape index (κ3) is 1.89. The first-order chi connectivity index (χ1) is 9.73. The molecule has 3 aromatic heterocycles. The van der Waals surface area contributed by atoms with Gasteiger partial charge in [0.2, 0.25) is 0 Å². The minimum absolute atomic E-state index is 0.163. The topological polar surface area (TPSA) is 79.4 Å². The lowest BCUT2D eigenvalue weighted by molar-refractivity contribution is 0.822. The van der Waals surface area contributed by atoms with Crippen LogP contribution in [0.4, 0.5) is 5.82 Å². The van der Waals surface area contributed by atoms with Crippen molar-refractivity contribution in [2.24, 2.45) is 0 Å². The molecule has 4 rings (SSSR count). The van der Waals surface area contributed by atoms with Crippen molar-refractivity contribution in [2.75, 3.05) is 5.32 Å². The smallest absolute Gasteiger partial charge is 0.180 e. The Balaban J connectivity index is 1.90. The lowest BCUT2D eigenvalue weighted by atomic mass is 10.2. The molecule has 0 bridgehead atoms. The van der Waals surface area contributed by atoms with E-state index in [9.17, 15) is 0 Å². The zero-order chi connectivity index (χ0) is 13.6. The number of nitrogens with one attached hydrogen (secondary N) is 2. The van der Waals surface area contributed by atoms with E-state index in [4.69, 9.17) is 0 Å². The molecule has 6 heteroatoms. The monoisotopic (exact) mass is 266 g/mol. The Morgan fingerprint density at radius 2 is 2.10 bits per heavy atom. The summed E-state index contributed by atoms with van der Waals surface area (Å²) in [5, 5.41) is 4.52. The maximum Gasteiger partial charge on any atom is 0.180 e. The molecule has 100 valence electrons. The fourth-order valence-electron chi connectivity index (χ4n) is 2.17. The predicted octanol–water partition coefficient (Wildman–Crippen LogP) is 2.38. The van der Waals surface area contributed by atoms with Crippen LogP contribution < -0.4 is 5.32 Å². The first kappa shape index (κ1) is 11.3. The van der Waals surface area contributed by atoms with E-state index in [-0.39, 0.29) is 5.54 Å². The van der Waals surface area contributed by atoms with E-state index in [0.29, 0.717) is 5.82 Å². The number of pyridine rings is 1. The number of anilines is 1. The highest BCUT2D eigenvalue weighted by Gasteiger charge is 2.37. The molecule has 3 heterocycles. The Bertz CT molecular complexity index is 760. The van der Waals surface area contributed by atoms with Crippen LogP contribution in [0.5, 0.6) is 0 Å². The molecule has 20 heavy (non-hydrogen) atoms. The van der Waals surface area contributed by atoms with E-state index >= 15 is 0 Å². The molecule has 0 saturated heterocycles. The maximum absolute atomic E-state index is 4.65. The Morgan fingerprint density at radius 1 is 1.20 bits per heavy atom. The number of fused-ring (bicyclic) bond motifs is 1. The van der Waals surface area contributed by atoms with E-state index < -0.39 is 0 Å². The van der Waals surface area contributed by atoms with E-state index in [1.807, 2.05) is 6.07 Å². The Labute approximate surface area is 115 Å². The average Bonchev–Trinajstić information content (AvgIpc) is 2.97. The van der Waals surface area contributed by atoms with Crippen LogP contribution in [0, 0.1) is 0 Å². The minimum Gasteiger partial charge on any atom is -0.364 e. The van der Waals surface area contributed by atoms with Crippen LogP contribution >= 0.6 is 0 Å². The molecule has 1 aliphatic rings. The quantitative estimate of drug-likeness (QED) is 0.761. The van der Waals surface area contributed by atoms with Gasteiger partial charge < -0.3 is 10.3 Å². The van der Waals surface area contributed by atoms with Crippen molar-refractivity contribution >= 4 is 16.7 Å². The summed E-state index contributed by atoms with van der Waals surface area (Å²) in [6, 6.07) is 1.94. The SMILES string of the molecule is CC1(Nc2nc(-c3cnc[nH]3)nc3cnccc23)CC1. The van der Waals surface area contributed by atoms with Crippen molar-refractivity contribution < 1.29 is 0 Å². The van der Waals surface area contributed by atoms with Gasteiger partial charge in [0.25, 0.3) is 0 Å². The summed E-state index contributed by atoms with van der Waals surface area (Å²) in [5.74, 6) is 1.50. The highest BCUT2D eigenvalue weighted by atomic mass is 15.1. The van der Waals surface area contributed by atoms with Crippen molar-refractivity contribution in [2.45, 2.75) is 25.3 Å². The Hall–Kier alpha value is -2.50. The van der Waals surface area contributed by atoms with Crippen molar-refractivity contribution in [1.29, 1.82) is 0 Å². The van der Waals surface area contributed by atoms with Crippen LogP contribution in [-0.4, -0.2) is 30.5 Å². The normalized spacial score (nSPS) is 16.2. The summed E-state index contributed by atoms with van der Waals surface area (Å²) >= 11 is 0. The number of hydrogen-bond donors (Lipinski definition) is 2. The fourth-order valence-corrected chi connectivity index (χ4v) is 2.17. The van der Waals surface area contributed by atoms with E-state index in [1.165, 1.54) is 12.8 Å². The van der Waals surface area contributed by atoms with E-state index in [1.54, 1.807) is 24.9 Å². The second-order valence-corrected chi connectivity index (χ2v) is 5.44. The first-order valence-electron chi connectivity index (χ1n) is 6.62. The van der Waals surface area contributed by atoms with Crippen LogP contribution in [0.15, 0.2) is 31.0 Å². The van der Waals surface area contributed by atoms with Crippen LogP contribution in [0.25, 0.3) is 22.4 Å². The molecule has 3 aromatic rings. The second kappa shape index (κ2) is 4.00. The van der Waals surface area contributed by atoms with Gasteiger partial charge in [-0.3, -0.25) is 4.98 Å². The van der Waals surface area contributed by atoms with Gasteiger partial charge in [-0.1, -0.05) is 0 Å². The number of hydrogen-bond acceptors (Lipinski definition) is 5. The molecule has 0 radical (unpaired) electrons. The van der Waals surface area contributed by atoms with Crippen molar-refractivity contribution in [3.63, 3.8) is 0 Å². The third-order valence-electron chi connectivity index (χ3n) is 3.66. The van der Waals surface area contributed by atoms with Gasteiger partial charge in [0.1, 0.15) is 11.5 Å². The molecule has 1 aliphatic carbocycles. The molecule has 0 unspecified atom stereocenters. The molecule has 1 saturated carbocycles. The van der Waals surface area contributed by atoms with Crippen molar-refractivity contribution in [3.05, 3.63) is 31.0 Å². The molecule has 0 amide bonds. The highest BCUT2D eigenvalue weighted by molar-refractivity contribution is 5.90. The van der Waals surface area contributed by atoms with Crippen LogP contribution in [0.3, 0.4) is 0 Å². The molecule has 0 atom stereocenters. The summed E-state index contributed by atoms with van der Waals surface area (Å²) in [6.45, 7) is 2.21. The zero-order valence-electron chi connectivity index (χ0n) is 11.1. The fraction of sp³-hybridized carbons (Fsp3) is 0.286. The predicted molar refractivity (Wildman–Crippen MR) is 76.2 cm³/mol. The maximum atomic E-state index is 4.65. The lowest BCUT2D eigenvalue weighted by Gasteiger charge is -2.14. The van der Waals surface area contributed by atoms with Gasteiger partial charge in [0.05, 0.1) is 24.2 Å². The molecule has 1 fully saturated rings. The summed E-state index contributed by atoms with van der Waals surface area (Å²) in [4.78, 5) is 20.4. The summed E-state index contributed by atoms with van der Waals surface area (Å²) < 4.78 is 0. The molecule has 0 spiro atoms. The summed E-state index contributed by atoms with van der Waals surface area (Å²) in [5.41, 5.74) is 1.80. The van der Waals surface area contributed by atoms with Crippen molar-refractivity contribution in [3.8, 4) is 11.5 Å². The van der Waals surface area contributed by atoms with Crippen molar-refractivity contribution in [1.82, 2.24) is 24.9 Å². The van der Waals surface area contributed by atoms with E-state index in [2.05, 4.69) is 37.2 Å². The largest absolute Gasteiger partial charge is 0.364 e. The molecule has 2 N–H and O–H groups in total.